The van der Waals surface area contributed by atoms with E-state index in [-0.39, 0.29) is 0 Å². The predicted molar refractivity (Wildman–Crippen MR) is 168 cm³/mol. The Morgan fingerprint density at radius 3 is 0.781 bits per heavy atom. The fourth-order valence-electron chi connectivity index (χ4n) is 2.04. The summed E-state index contributed by atoms with van der Waals surface area (Å²) in [5.41, 5.74) is 5.48. The Kier molecular flexibility index (Phi) is 22.9. The maximum atomic E-state index is 6.60. The Bertz CT molecular complexity index is 623. The van der Waals surface area contributed by atoms with Crippen molar-refractivity contribution in [3.63, 3.8) is 0 Å². The number of benzene rings is 2. The molecule has 32 heavy (non-hydrogen) atoms. The molecule has 0 saturated heterocycles. The van der Waals surface area contributed by atoms with Crippen molar-refractivity contribution in [1.29, 1.82) is 0 Å². The van der Waals surface area contributed by atoms with Gasteiger partial charge in [-0.3, -0.25) is 0 Å². The summed E-state index contributed by atoms with van der Waals surface area (Å²) < 4.78 is 0. The molecule has 0 spiro atoms. The summed E-state index contributed by atoms with van der Waals surface area (Å²) in [6.07, 6.45) is 0. The van der Waals surface area contributed by atoms with E-state index in [9.17, 15) is 0 Å². The van der Waals surface area contributed by atoms with Gasteiger partial charge >= 0.3 is 260 Å². The van der Waals surface area contributed by atoms with Crippen molar-refractivity contribution in [3.05, 3.63) is 70.8 Å². The standard InChI is InChI=1S/C16H16As2Cl2S4.2AsCl3/c19-17-21-9-13-1-2-14(4-3-13)10-22-18(20)24-12-16-7-5-15(6-8-16)11-23-17;2*2-1(3)4/h1-8H,9-12H2;;. The molecule has 0 aliphatic carbocycles. The van der Waals surface area contributed by atoms with Crippen LogP contribution in [0.5, 0.6) is 0 Å². The van der Waals surface area contributed by atoms with E-state index in [1.54, 1.807) is 0 Å². The van der Waals surface area contributed by atoms with Gasteiger partial charge in [0, 0.05) is 0 Å². The summed E-state index contributed by atoms with van der Waals surface area (Å²) >= 11 is -6.28. The van der Waals surface area contributed by atoms with E-state index in [2.05, 4.69) is 48.5 Å². The van der Waals surface area contributed by atoms with Gasteiger partial charge in [0.15, 0.2) is 0 Å². The quantitative estimate of drug-likeness (QED) is 0.242. The molecule has 0 N–H and O–H groups in total. The topological polar surface area (TPSA) is 0 Å². The fourth-order valence-corrected chi connectivity index (χ4v) is 19.9. The molecule has 0 aromatic heterocycles. The van der Waals surface area contributed by atoms with Crippen LogP contribution in [-0.2, 0) is 23.0 Å². The molecule has 180 valence electrons. The van der Waals surface area contributed by atoms with Gasteiger partial charge in [-0.15, -0.1) is 0 Å². The number of rotatable bonds is 0. The number of hydrogen-bond acceptors (Lipinski definition) is 4. The second-order valence-electron chi connectivity index (χ2n) is 5.54. The van der Waals surface area contributed by atoms with Crippen molar-refractivity contribution in [2.24, 2.45) is 0 Å². The van der Waals surface area contributed by atoms with Crippen molar-refractivity contribution >= 4 is 166 Å². The average Bonchev–Trinajstić information content (AvgIpc) is 2.73. The van der Waals surface area contributed by atoms with Crippen LogP contribution in [0.25, 0.3) is 0 Å². The van der Waals surface area contributed by atoms with Crippen LogP contribution in [0.1, 0.15) is 22.3 Å². The van der Waals surface area contributed by atoms with Crippen LogP contribution in [-0.4, -0.2) is 46.5 Å². The molecule has 0 fully saturated rings. The van der Waals surface area contributed by atoms with Gasteiger partial charge < -0.3 is 0 Å². The zero-order valence-corrected chi connectivity index (χ0v) is 32.7. The van der Waals surface area contributed by atoms with Crippen molar-refractivity contribution in [2.75, 3.05) is 0 Å². The van der Waals surface area contributed by atoms with E-state index in [0.717, 1.165) is 23.0 Å². The maximum absolute atomic E-state index is 6.60. The molecular weight excluding hydrogens is 904 g/mol. The van der Waals surface area contributed by atoms with E-state index in [0.29, 0.717) is 0 Å². The van der Waals surface area contributed by atoms with E-state index in [4.69, 9.17) is 79.6 Å². The minimum absolute atomic E-state index is 1.02. The van der Waals surface area contributed by atoms with Crippen LogP contribution < -0.4 is 0 Å². The van der Waals surface area contributed by atoms with Crippen LogP contribution in [0.3, 0.4) is 0 Å². The molecule has 0 amide bonds. The molecule has 4 heterocycles. The Morgan fingerprint density at radius 2 is 0.625 bits per heavy atom. The van der Waals surface area contributed by atoms with Crippen molar-refractivity contribution in [1.82, 2.24) is 0 Å². The Labute approximate surface area is 255 Å². The molecule has 0 atom stereocenters. The van der Waals surface area contributed by atoms with Crippen LogP contribution in [0.2, 0.25) is 0 Å². The van der Waals surface area contributed by atoms with Gasteiger partial charge in [-0.1, -0.05) is 0 Å². The number of halogens is 8. The van der Waals surface area contributed by atoms with Crippen molar-refractivity contribution < 1.29 is 0 Å². The minimum atomic E-state index is -1.77. The molecule has 2 aromatic carbocycles. The monoisotopic (exact) mass is 915 g/mol. The summed E-state index contributed by atoms with van der Waals surface area (Å²) in [7, 11) is 50.7. The molecule has 6 rings (SSSR count). The van der Waals surface area contributed by atoms with Gasteiger partial charge in [0.2, 0.25) is 0 Å². The molecule has 0 nitrogen and oxygen atoms in total. The molecule has 0 radical (unpaired) electrons. The van der Waals surface area contributed by atoms with Crippen LogP contribution in [0.15, 0.2) is 48.5 Å². The summed E-state index contributed by atoms with van der Waals surface area (Å²) in [6.45, 7) is 0. The second kappa shape index (κ2) is 21.2. The van der Waals surface area contributed by atoms with E-state index < -0.39 is 46.5 Å². The summed E-state index contributed by atoms with van der Waals surface area (Å²) in [4.78, 5) is 0. The van der Waals surface area contributed by atoms with Gasteiger partial charge in [-0.05, 0) is 0 Å². The molecule has 0 saturated carbocycles. The summed E-state index contributed by atoms with van der Waals surface area (Å²) in [5.74, 6) is 4.08. The Morgan fingerprint density at radius 1 is 0.469 bits per heavy atom. The van der Waals surface area contributed by atoms with E-state index in [1.165, 1.54) is 22.3 Å². The van der Waals surface area contributed by atoms with Gasteiger partial charge in [0.1, 0.15) is 0 Å². The van der Waals surface area contributed by atoms with Gasteiger partial charge in [-0.2, -0.15) is 0 Å². The van der Waals surface area contributed by atoms with Crippen molar-refractivity contribution in [2.45, 2.75) is 23.0 Å². The predicted octanol–water partition coefficient (Wildman–Crippen LogP) is 10.2. The first-order chi connectivity index (χ1) is 15.2. The first kappa shape index (κ1) is 34.4. The Hall–Kier alpha value is 4.39. The van der Waals surface area contributed by atoms with Gasteiger partial charge in [0.05, 0.1) is 0 Å². The van der Waals surface area contributed by atoms with Crippen molar-refractivity contribution in [3.8, 4) is 0 Å². The zero-order chi connectivity index (χ0) is 23.9. The zero-order valence-electron chi connectivity index (χ0n) is 15.9. The molecule has 0 unspecified atom stereocenters. The molecule has 16 heteroatoms. The van der Waals surface area contributed by atoms with E-state index >= 15 is 0 Å². The molecular formula is C16H16As4Cl8S4. The second-order valence-corrected chi connectivity index (χ2v) is 51.2. The molecule has 4 aliphatic heterocycles. The Balaban J connectivity index is 0.000000554. The normalized spacial score (nSPS) is 19.4. The fraction of sp³-hybridized carbons (Fsp3) is 0.250. The third-order valence-corrected chi connectivity index (χ3v) is 27.1. The third kappa shape index (κ3) is 19.5. The van der Waals surface area contributed by atoms with Crippen LogP contribution >= 0.6 is 120 Å². The molecule has 2 aromatic rings. The first-order valence-corrected chi connectivity index (χ1v) is 41.0. The van der Waals surface area contributed by atoms with Crippen LogP contribution in [0, 0.1) is 0 Å². The SMILES string of the molecule is Cl[As](Cl)Cl.Cl[As](Cl)Cl.Cl[As]1SCc2ccc(cc2)CS[As](Cl)SCc2ccc(cc2)CS1. The van der Waals surface area contributed by atoms with Gasteiger partial charge in [-0.25, -0.2) is 0 Å². The van der Waals surface area contributed by atoms with Crippen LogP contribution in [0.4, 0.5) is 0 Å². The first-order valence-electron chi connectivity index (χ1n) is 8.29. The van der Waals surface area contributed by atoms with Gasteiger partial charge in [0.25, 0.3) is 0 Å². The average molecular weight is 920 g/mol. The summed E-state index contributed by atoms with van der Waals surface area (Å²) in [5, 5.41) is 0. The summed E-state index contributed by atoms with van der Waals surface area (Å²) in [6, 6.07) is 17.9. The molecule has 4 bridgehead atoms. The molecule has 4 aliphatic rings. The van der Waals surface area contributed by atoms with E-state index in [1.807, 2.05) is 40.1 Å². The third-order valence-electron chi connectivity index (χ3n) is 3.38. The number of hydrogen-bond donors (Lipinski definition) is 0.